The zero-order valence-corrected chi connectivity index (χ0v) is 17.1. The van der Waals surface area contributed by atoms with Gasteiger partial charge in [0.15, 0.2) is 0 Å². The minimum atomic E-state index is -2.59. The van der Waals surface area contributed by atoms with Gasteiger partial charge in [-0.15, -0.1) is 0 Å². The predicted molar refractivity (Wildman–Crippen MR) is 113 cm³/mol. The van der Waals surface area contributed by atoms with Gasteiger partial charge in [0.1, 0.15) is 11.3 Å². The molecule has 1 saturated heterocycles. The zero-order valence-electron chi connectivity index (χ0n) is 17.1. The molecule has 8 heteroatoms. The molecule has 1 N–H and O–H groups in total. The van der Waals surface area contributed by atoms with Crippen LogP contribution in [0.3, 0.4) is 0 Å². The van der Waals surface area contributed by atoms with Gasteiger partial charge in [0.2, 0.25) is 0 Å². The molecule has 1 amide bonds. The molecule has 5 rings (SSSR count). The number of aromatic nitrogens is 4. The van der Waals surface area contributed by atoms with Crippen molar-refractivity contribution in [2.24, 2.45) is 7.05 Å². The quantitative estimate of drug-likeness (QED) is 0.521. The average Bonchev–Trinajstić information content (AvgIpc) is 3.40. The number of benzene rings is 1. The van der Waals surface area contributed by atoms with Crippen molar-refractivity contribution in [3.8, 4) is 11.3 Å². The van der Waals surface area contributed by atoms with Crippen LogP contribution in [0.2, 0.25) is 0 Å². The lowest BCUT2D eigenvalue weighted by Crippen LogP contribution is -2.58. The number of nitrogens with one attached hydrogen (secondary N) is 1. The number of carbonyl (C=O) groups excluding carboxylic acids is 1. The molecule has 3 aromatic heterocycles. The largest absolute Gasteiger partial charge is 0.328 e. The number of H-pyrrole nitrogens is 1. The fraction of sp³-hybridized carbons (Fsp3) is 0.261. The summed E-state index contributed by atoms with van der Waals surface area (Å²) in [5, 5.41) is 7.57. The van der Waals surface area contributed by atoms with Gasteiger partial charge in [-0.25, -0.2) is 13.8 Å². The van der Waals surface area contributed by atoms with Gasteiger partial charge in [-0.1, -0.05) is 24.3 Å². The molecular formula is C23H21F2N5O. The Morgan fingerprint density at radius 3 is 2.71 bits per heavy atom. The standard InChI is InChI=1S/C23H21F2N5O/c1-23(17-6-4-3-5-16(17)20(24)25)9-10-30(23)22(31)19-11-14-7-8-18(15-12-26-27-13-15)28-21(14)29(19)2/h3-8,11-13,20H,9-10H2,1-2H3,(H,26,27). The van der Waals surface area contributed by atoms with Crippen molar-refractivity contribution >= 4 is 16.9 Å². The van der Waals surface area contributed by atoms with E-state index in [2.05, 4.69) is 15.2 Å². The maximum atomic E-state index is 13.6. The van der Waals surface area contributed by atoms with Crippen LogP contribution in [0.4, 0.5) is 8.78 Å². The van der Waals surface area contributed by atoms with Crippen LogP contribution in [0, 0.1) is 0 Å². The molecule has 1 unspecified atom stereocenters. The van der Waals surface area contributed by atoms with Gasteiger partial charge in [0.05, 0.1) is 17.4 Å². The molecule has 0 bridgehead atoms. The number of halogens is 2. The van der Waals surface area contributed by atoms with Crippen molar-refractivity contribution < 1.29 is 13.6 Å². The SMILES string of the molecule is Cn1c(C(=O)N2CCC2(C)c2ccccc2C(F)F)cc2ccc(-c3cn[nH]c3)nc21. The van der Waals surface area contributed by atoms with Crippen LogP contribution in [0.5, 0.6) is 0 Å². The molecule has 4 aromatic rings. The Hall–Kier alpha value is -3.55. The molecule has 0 saturated carbocycles. The third kappa shape index (κ3) is 2.93. The first kappa shape index (κ1) is 19.4. The maximum absolute atomic E-state index is 13.6. The smallest absolute Gasteiger partial charge is 0.271 e. The highest BCUT2D eigenvalue weighted by molar-refractivity contribution is 5.99. The summed E-state index contributed by atoms with van der Waals surface area (Å²) in [6, 6.07) is 12.1. The van der Waals surface area contributed by atoms with E-state index in [0.29, 0.717) is 29.9 Å². The summed E-state index contributed by atoms with van der Waals surface area (Å²) >= 11 is 0. The molecular weight excluding hydrogens is 400 g/mol. The Morgan fingerprint density at radius 1 is 1.23 bits per heavy atom. The maximum Gasteiger partial charge on any atom is 0.271 e. The monoisotopic (exact) mass is 421 g/mol. The van der Waals surface area contributed by atoms with E-state index in [9.17, 15) is 13.6 Å². The number of carbonyl (C=O) groups is 1. The molecule has 158 valence electrons. The fourth-order valence-electron chi connectivity index (χ4n) is 4.44. The second-order valence-corrected chi connectivity index (χ2v) is 8.05. The number of amides is 1. The van der Waals surface area contributed by atoms with Gasteiger partial charge >= 0.3 is 0 Å². The number of fused-ring (bicyclic) bond motifs is 1. The van der Waals surface area contributed by atoms with Crippen LogP contribution in [-0.2, 0) is 12.6 Å². The van der Waals surface area contributed by atoms with E-state index < -0.39 is 12.0 Å². The average molecular weight is 421 g/mol. The van der Waals surface area contributed by atoms with Crippen LogP contribution in [-0.4, -0.2) is 37.1 Å². The van der Waals surface area contributed by atoms with Crippen molar-refractivity contribution in [3.63, 3.8) is 0 Å². The Kier molecular flexibility index (Phi) is 4.39. The third-order valence-corrected chi connectivity index (χ3v) is 6.33. The summed E-state index contributed by atoms with van der Waals surface area (Å²) in [4.78, 5) is 19.8. The number of pyridine rings is 1. The van der Waals surface area contributed by atoms with Gasteiger partial charge in [-0.3, -0.25) is 9.89 Å². The second kappa shape index (κ2) is 7.01. The lowest BCUT2D eigenvalue weighted by molar-refractivity contribution is 0.00128. The van der Waals surface area contributed by atoms with Crippen LogP contribution in [0.25, 0.3) is 22.3 Å². The molecule has 1 aromatic carbocycles. The minimum Gasteiger partial charge on any atom is -0.328 e. The Labute approximate surface area is 177 Å². The van der Waals surface area contributed by atoms with E-state index in [4.69, 9.17) is 0 Å². The van der Waals surface area contributed by atoms with Gasteiger partial charge in [-0.2, -0.15) is 5.10 Å². The summed E-state index contributed by atoms with van der Waals surface area (Å²) in [5.41, 5.74) is 2.48. The number of aryl methyl sites for hydroxylation is 1. The normalized spacial score (nSPS) is 18.5. The summed E-state index contributed by atoms with van der Waals surface area (Å²) in [6.45, 7) is 2.37. The number of aromatic amines is 1. The number of hydrogen-bond donors (Lipinski definition) is 1. The predicted octanol–water partition coefficient (Wildman–Crippen LogP) is 4.66. The van der Waals surface area contributed by atoms with Crippen LogP contribution in [0.1, 0.15) is 41.4 Å². The Bertz CT molecular complexity index is 1280. The van der Waals surface area contributed by atoms with Crippen molar-refractivity contribution in [2.45, 2.75) is 25.3 Å². The van der Waals surface area contributed by atoms with Crippen LogP contribution in [0.15, 0.2) is 54.9 Å². The first-order chi connectivity index (χ1) is 14.9. The van der Waals surface area contributed by atoms with Crippen LogP contribution < -0.4 is 0 Å². The first-order valence-electron chi connectivity index (χ1n) is 10.1. The van der Waals surface area contributed by atoms with E-state index in [1.54, 1.807) is 47.1 Å². The van der Waals surface area contributed by atoms with E-state index in [-0.39, 0.29) is 11.5 Å². The highest BCUT2D eigenvalue weighted by Gasteiger charge is 2.47. The summed E-state index contributed by atoms with van der Waals surface area (Å²) in [5.74, 6) is -0.191. The van der Waals surface area contributed by atoms with E-state index in [1.165, 1.54) is 6.07 Å². The molecule has 31 heavy (non-hydrogen) atoms. The highest BCUT2D eigenvalue weighted by Crippen LogP contribution is 2.44. The van der Waals surface area contributed by atoms with Gasteiger partial charge in [-0.05, 0) is 37.1 Å². The van der Waals surface area contributed by atoms with Crippen molar-refractivity contribution in [1.29, 1.82) is 0 Å². The molecule has 1 fully saturated rings. The van der Waals surface area contributed by atoms with Gasteiger partial charge in [0.25, 0.3) is 12.3 Å². The summed E-state index contributed by atoms with van der Waals surface area (Å²) < 4.78 is 29.0. The lowest BCUT2D eigenvalue weighted by atomic mass is 9.77. The van der Waals surface area contributed by atoms with E-state index in [0.717, 1.165) is 16.6 Å². The number of hydrogen-bond acceptors (Lipinski definition) is 3. The molecule has 1 atom stereocenters. The Balaban J connectivity index is 1.52. The molecule has 1 aliphatic heterocycles. The minimum absolute atomic E-state index is 0.0223. The third-order valence-electron chi connectivity index (χ3n) is 6.33. The summed E-state index contributed by atoms with van der Waals surface area (Å²) in [7, 11) is 1.80. The molecule has 0 aliphatic carbocycles. The lowest BCUT2D eigenvalue weighted by Gasteiger charge is -2.51. The molecule has 6 nitrogen and oxygen atoms in total. The topological polar surface area (TPSA) is 66.8 Å². The highest BCUT2D eigenvalue weighted by atomic mass is 19.3. The molecule has 1 aliphatic rings. The first-order valence-corrected chi connectivity index (χ1v) is 10.1. The van der Waals surface area contributed by atoms with Crippen LogP contribution >= 0.6 is 0 Å². The van der Waals surface area contributed by atoms with Gasteiger partial charge in [0, 0.05) is 36.3 Å². The molecule has 4 heterocycles. The number of rotatable bonds is 4. The molecule has 0 radical (unpaired) electrons. The molecule has 0 spiro atoms. The van der Waals surface area contributed by atoms with Crippen molar-refractivity contribution in [1.82, 2.24) is 24.6 Å². The Morgan fingerprint density at radius 2 is 2.03 bits per heavy atom. The second-order valence-electron chi connectivity index (χ2n) is 8.05. The number of likely N-dealkylation sites (tertiary alicyclic amines) is 1. The summed E-state index contributed by atoms with van der Waals surface area (Å²) in [6.07, 6.45) is 1.49. The zero-order chi connectivity index (χ0) is 21.8. The van der Waals surface area contributed by atoms with E-state index >= 15 is 0 Å². The van der Waals surface area contributed by atoms with Crippen molar-refractivity contribution in [3.05, 3.63) is 71.7 Å². The van der Waals surface area contributed by atoms with Crippen molar-refractivity contribution in [2.75, 3.05) is 6.54 Å². The van der Waals surface area contributed by atoms with Gasteiger partial charge < -0.3 is 9.47 Å². The fourth-order valence-corrected chi connectivity index (χ4v) is 4.44. The number of alkyl halides is 2. The number of nitrogens with zero attached hydrogens (tertiary/aromatic N) is 4. The van der Waals surface area contributed by atoms with E-state index in [1.807, 2.05) is 25.1 Å².